The second kappa shape index (κ2) is 5.62. The minimum Gasteiger partial charge on any atom is -0.263 e. The molecule has 0 saturated carbocycles. The van der Waals surface area contributed by atoms with Crippen LogP contribution in [0.2, 0.25) is 10.2 Å². The van der Waals surface area contributed by atoms with E-state index < -0.39 is 10.0 Å². The van der Waals surface area contributed by atoms with Gasteiger partial charge in [0, 0.05) is 10.5 Å². The van der Waals surface area contributed by atoms with Crippen LogP contribution >= 0.6 is 39.1 Å². The monoisotopic (exact) mass is 381 g/mol. The first-order valence-corrected chi connectivity index (χ1v) is 7.87. The van der Waals surface area contributed by atoms with Crippen LogP contribution in [0.4, 0.5) is 5.82 Å². The zero-order valence-corrected chi connectivity index (χ0v) is 13.1. The molecule has 0 aliphatic heterocycles. The Morgan fingerprint density at radius 3 is 2.53 bits per heavy atom. The highest BCUT2D eigenvalue weighted by Gasteiger charge is 2.16. The lowest BCUT2D eigenvalue weighted by Crippen LogP contribution is -2.14. The van der Waals surface area contributed by atoms with E-state index in [0.717, 1.165) is 6.33 Å². The van der Waals surface area contributed by atoms with Crippen LogP contribution in [0.25, 0.3) is 0 Å². The molecule has 0 amide bonds. The lowest BCUT2D eigenvalue weighted by molar-refractivity contribution is 0.601. The molecule has 0 fully saturated rings. The number of nitrogens with one attached hydrogen (secondary N) is 1. The van der Waals surface area contributed by atoms with E-state index in [9.17, 15) is 8.42 Å². The van der Waals surface area contributed by atoms with Crippen molar-refractivity contribution in [3.8, 4) is 0 Å². The van der Waals surface area contributed by atoms with Crippen LogP contribution in [-0.2, 0) is 10.0 Å². The quantitative estimate of drug-likeness (QED) is 0.826. The van der Waals surface area contributed by atoms with E-state index in [4.69, 9.17) is 23.2 Å². The summed E-state index contributed by atoms with van der Waals surface area (Å²) in [4.78, 5) is 7.48. The fourth-order valence-corrected chi connectivity index (χ4v) is 3.05. The van der Waals surface area contributed by atoms with E-state index in [-0.39, 0.29) is 15.9 Å². The number of nitrogens with zero attached hydrogens (tertiary/aromatic N) is 2. The third-order valence-corrected chi connectivity index (χ3v) is 4.85. The van der Waals surface area contributed by atoms with Gasteiger partial charge in [0.1, 0.15) is 17.3 Å². The maximum absolute atomic E-state index is 12.1. The van der Waals surface area contributed by atoms with Gasteiger partial charge in [-0.15, -0.1) is 0 Å². The molecule has 2 aromatic rings. The van der Waals surface area contributed by atoms with E-state index in [0.29, 0.717) is 9.50 Å². The zero-order chi connectivity index (χ0) is 14.0. The standard InChI is InChI=1S/C10H6BrCl2N3O2S/c11-7-3-6(1-2-8(7)12)19(17,18)16-10-4-9(13)14-5-15-10/h1-5H,(H,14,15,16). The third-order valence-electron chi connectivity index (χ3n) is 2.07. The Morgan fingerprint density at radius 2 is 1.89 bits per heavy atom. The highest BCUT2D eigenvalue weighted by molar-refractivity contribution is 9.10. The van der Waals surface area contributed by atoms with E-state index in [2.05, 4.69) is 30.6 Å². The minimum absolute atomic E-state index is 0.0542. The Bertz CT molecular complexity index is 724. The average molecular weight is 383 g/mol. The predicted molar refractivity (Wildman–Crippen MR) is 77.0 cm³/mol. The molecule has 0 radical (unpaired) electrons. The van der Waals surface area contributed by atoms with Gasteiger partial charge in [0.05, 0.1) is 9.92 Å². The van der Waals surface area contributed by atoms with Crippen LogP contribution in [0.15, 0.2) is 40.0 Å². The summed E-state index contributed by atoms with van der Waals surface area (Å²) in [6.45, 7) is 0. The number of hydrogen-bond acceptors (Lipinski definition) is 4. The summed E-state index contributed by atoms with van der Waals surface area (Å²) in [5.41, 5.74) is 0. The van der Waals surface area contributed by atoms with Crippen LogP contribution in [0.3, 0.4) is 0 Å². The van der Waals surface area contributed by atoms with E-state index in [1.807, 2.05) is 0 Å². The van der Waals surface area contributed by atoms with Crippen molar-refractivity contribution >= 4 is 55.0 Å². The zero-order valence-electron chi connectivity index (χ0n) is 9.14. The average Bonchev–Trinajstić information content (AvgIpc) is 2.32. The molecule has 0 atom stereocenters. The third kappa shape index (κ3) is 3.56. The molecule has 2 rings (SSSR count). The highest BCUT2D eigenvalue weighted by atomic mass is 79.9. The van der Waals surface area contributed by atoms with Crippen molar-refractivity contribution in [2.45, 2.75) is 4.90 Å². The first-order valence-electron chi connectivity index (χ1n) is 4.84. The van der Waals surface area contributed by atoms with Crippen molar-refractivity contribution in [2.75, 3.05) is 4.72 Å². The summed E-state index contributed by atoms with van der Waals surface area (Å²) < 4.78 is 27.0. The number of benzene rings is 1. The number of aromatic nitrogens is 2. The summed E-state index contributed by atoms with van der Waals surface area (Å²) >= 11 is 14.6. The molecule has 19 heavy (non-hydrogen) atoms. The maximum atomic E-state index is 12.1. The molecule has 0 saturated heterocycles. The van der Waals surface area contributed by atoms with Gasteiger partial charge in [-0.2, -0.15) is 0 Å². The summed E-state index contributed by atoms with van der Waals surface area (Å²) in [6.07, 6.45) is 1.16. The SMILES string of the molecule is O=S(=O)(Nc1cc(Cl)ncn1)c1ccc(Cl)c(Br)c1. The molecule has 0 spiro atoms. The summed E-state index contributed by atoms with van der Waals surface area (Å²) in [6, 6.07) is 5.57. The van der Waals surface area contributed by atoms with Crippen LogP contribution in [0, 0.1) is 0 Å². The molecule has 1 aromatic carbocycles. The molecule has 9 heteroatoms. The molecular formula is C10H6BrCl2N3O2S. The Labute approximate surface area is 128 Å². The second-order valence-corrected chi connectivity index (χ2v) is 6.74. The topological polar surface area (TPSA) is 72.0 Å². The van der Waals surface area contributed by atoms with Crippen LogP contribution in [-0.4, -0.2) is 18.4 Å². The first kappa shape index (κ1) is 14.5. The molecule has 5 nitrogen and oxygen atoms in total. The van der Waals surface area contributed by atoms with E-state index in [1.54, 1.807) is 0 Å². The minimum atomic E-state index is -3.76. The number of hydrogen-bond donors (Lipinski definition) is 1. The maximum Gasteiger partial charge on any atom is 0.263 e. The van der Waals surface area contributed by atoms with Crippen LogP contribution < -0.4 is 4.72 Å². The molecule has 100 valence electrons. The summed E-state index contributed by atoms with van der Waals surface area (Å²) in [5, 5.41) is 0.564. The lowest BCUT2D eigenvalue weighted by atomic mass is 10.4. The van der Waals surface area contributed by atoms with E-state index >= 15 is 0 Å². The lowest BCUT2D eigenvalue weighted by Gasteiger charge is -2.08. The number of anilines is 1. The largest absolute Gasteiger partial charge is 0.263 e. The molecule has 0 bridgehead atoms. The fourth-order valence-electron chi connectivity index (χ4n) is 1.23. The number of rotatable bonds is 3. The Kier molecular flexibility index (Phi) is 4.29. The molecule has 1 N–H and O–H groups in total. The Hall–Kier alpha value is -0.890. The summed E-state index contributed by atoms with van der Waals surface area (Å²) in [7, 11) is -3.76. The first-order chi connectivity index (χ1) is 8.88. The molecule has 0 aliphatic carbocycles. The van der Waals surface area contributed by atoms with Gasteiger partial charge >= 0.3 is 0 Å². The molecule has 1 aromatic heterocycles. The molecule has 0 unspecified atom stereocenters. The van der Waals surface area contributed by atoms with Crippen LogP contribution in [0.1, 0.15) is 0 Å². The van der Waals surface area contributed by atoms with Gasteiger partial charge in [-0.3, -0.25) is 4.72 Å². The van der Waals surface area contributed by atoms with Gasteiger partial charge in [-0.25, -0.2) is 18.4 Å². The predicted octanol–water partition coefficient (Wildman–Crippen LogP) is 3.35. The van der Waals surface area contributed by atoms with Gasteiger partial charge < -0.3 is 0 Å². The van der Waals surface area contributed by atoms with Crippen LogP contribution in [0.5, 0.6) is 0 Å². The second-order valence-electron chi connectivity index (χ2n) is 3.41. The number of sulfonamides is 1. The summed E-state index contributed by atoms with van der Waals surface area (Å²) in [5.74, 6) is 0.0890. The van der Waals surface area contributed by atoms with Gasteiger partial charge in [0.15, 0.2) is 0 Å². The van der Waals surface area contributed by atoms with E-state index in [1.165, 1.54) is 24.3 Å². The molecular weight excluding hydrogens is 377 g/mol. The van der Waals surface area contributed by atoms with Gasteiger partial charge in [0.2, 0.25) is 0 Å². The smallest absolute Gasteiger partial charge is 0.263 e. The van der Waals surface area contributed by atoms with Crippen molar-refractivity contribution in [1.29, 1.82) is 0 Å². The Morgan fingerprint density at radius 1 is 1.16 bits per heavy atom. The Balaban J connectivity index is 2.35. The number of halogens is 3. The van der Waals surface area contributed by atoms with Crippen molar-refractivity contribution in [3.63, 3.8) is 0 Å². The molecule has 0 aliphatic rings. The molecule has 1 heterocycles. The van der Waals surface area contributed by atoms with Gasteiger partial charge in [-0.05, 0) is 34.1 Å². The van der Waals surface area contributed by atoms with Crippen molar-refractivity contribution in [2.24, 2.45) is 0 Å². The van der Waals surface area contributed by atoms with Crippen molar-refractivity contribution in [3.05, 3.63) is 45.2 Å². The van der Waals surface area contributed by atoms with Crippen molar-refractivity contribution in [1.82, 2.24) is 9.97 Å². The van der Waals surface area contributed by atoms with Gasteiger partial charge in [0.25, 0.3) is 10.0 Å². The normalized spacial score (nSPS) is 11.3. The highest BCUT2D eigenvalue weighted by Crippen LogP contribution is 2.26. The van der Waals surface area contributed by atoms with Crippen molar-refractivity contribution < 1.29 is 8.42 Å². The fraction of sp³-hybridized carbons (Fsp3) is 0. The van der Waals surface area contributed by atoms with Gasteiger partial charge in [-0.1, -0.05) is 23.2 Å².